The maximum Gasteiger partial charge on any atom is 0.273 e. The zero-order valence-electron chi connectivity index (χ0n) is 7.15. The number of fused-ring (bicyclic) bond motifs is 1. The first-order chi connectivity index (χ1) is 6.54. The molecule has 0 saturated heterocycles. The molecule has 0 aliphatic heterocycles. The maximum atomic E-state index is 13.3. The summed E-state index contributed by atoms with van der Waals surface area (Å²) >= 11 is 3.18. The molecular weight excluding hydrogens is 252 g/mol. The molecule has 0 saturated carbocycles. The van der Waals surface area contributed by atoms with Gasteiger partial charge < -0.3 is 0 Å². The molecule has 0 heterocycles. The summed E-state index contributed by atoms with van der Waals surface area (Å²) in [6.07, 6.45) is 0.232. The number of benzene rings is 1. The lowest BCUT2D eigenvalue weighted by Gasteiger charge is -2.10. The fraction of sp³-hybridized carbons (Fsp3) is 0.300. The van der Waals surface area contributed by atoms with E-state index in [-0.39, 0.29) is 17.5 Å². The molecule has 0 spiro atoms. The monoisotopic (exact) mass is 257 g/mol. The van der Waals surface area contributed by atoms with Crippen molar-refractivity contribution in [2.75, 3.05) is 0 Å². The Morgan fingerprint density at radius 2 is 2.14 bits per heavy atom. The molecule has 0 atom stereocenters. The van der Waals surface area contributed by atoms with Gasteiger partial charge >= 0.3 is 0 Å². The second-order valence-corrected chi connectivity index (χ2v) is 4.16. The Hall–Kier alpha value is -0.950. The van der Waals surface area contributed by atoms with Crippen LogP contribution in [0, 0.1) is 11.3 Å². The van der Waals surface area contributed by atoms with E-state index in [9.17, 15) is 8.78 Å². The Kier molecular flexibility index (Phi) is 2.07. The average molecular weight is 258 g/mol. The Balaban J connectivity index is 2.64. The second kappa shape index (κ2) is 3.03. The van der Waals surface area contributed by atoms with Crippen LogP contribution in [-0.2, 0) is 12.3 Å². The summed E-state index contributed by atoms with van der Waals surface area (Å²) in [5, 5.41) is 8.70. The van der Waals surface area contributed by atoms with Crippen molar-refractivity contribution in [2.24, 2.45) is 0 Å². The van der Waals surface area contributed by atoms with Gasteiger partial charge in [-0.3, -0.25) is 0 Å². The van der Waals surface area contributed by atoms with Crippen molar-refractivity contribution in [1.82, 2.24) is 0 Å². The van der Waals surface area contributed by atoms with E-state index in [0.29, 0.717) is 16.5 Å². The van der Waals surface area contributed by atoms with Gasteiger partial charge in [0.15, 0.2) is 0 Å². The molecule has 1 aliphatic carbocycles. The molecule has 1 nitrogen and oxygen atoms in total. The minimum Gasteiger partial charge on any atom is -0.201 e. The molecule has 1 aromatic carbocycles. The highest BCUT2D eigenvalue weighted by Crippen LogP contribution is 2.43. The number of hydrogen-bond donors (Lipinski definition) is 0. The summed E-state index contributed by atoms with van der Waals surface area (Å²) in [6.45, 7) is 0. The van der Waals surface area contributed by atoms with Crippen molar-refractivity contribution in [3.63, 3.8) is 0 Å². The van der Waals surface area contributed by atoms with Gasteiger partial charge in [0.2, 0.25) is 0 Å². The lowest BCUT2D eigenvalue weighted by atomic mass is 10.1. The minimum absolute atomic E-state index is 0.0113. The largest absolute Gasteiger partial charge is 0.273 e. The van der Waals surface area contributed by atoms with Gasteiger partial charge in [0.25, 0.3) is 5.92 Å². The van der Waals surface area contributed by atoms with Crippen molar-refractivity contribution < 1.29 is 8.78 Å². The Labute approximate surface area is 88.5 Å². The number of aryl methyl sites for hydroxylation is 1. The Morgan fingerprint density at radius 1 is 1.43 bits per heavy atom. The lowest BCUT2D eigenvalue weighted by Crippen LogP contribution is -2.07. The normalized spacial score (nSPS) is 17.6. The molecule has 72 valence electrons. The maximum absolute atomic E-state index is 13.3. The Morgan fingerprint density at radius 3 is 2.79 bits per heavy atom. The summed E-state index contributed by atoms with van der Waals surface area (Å²) in [7, 11) is 0. The summed E-state index contributed by atoms with van der Waals surface area (Å²) < 4.78 is 27.1. The summed E-state index contributed by atoms with van der Waals surface area (Å²) in [6, 6.07) is 4.79. The topological polar surface area (TPSA) is 23.8 Å². The van der Waals surface area contributed by atoms with Crippen LogP contribution in [0.3, 0.4) is 0 Å². The van der Waals surface area contributed by atoms with Gasteiger partial charge in [-0.15, -0.1) is 0 Å². The molecule has 4 heteroatoms. The summed E-state index contributed by atoms with van der Waals surface area (Å²) in [5.41, 5.74) is 0.920. The van der Waals surface area contributed by atoms with Crippen LogP contribution in [0.5, 0.6) is 0 Å². The minimum atomic E-state index is -2.76. The summed E-state index contributed by atoms with van der Waals surface area (Å²) in [5.74, 6) is -2.76. The van der Waals surface area contributed by atoms with Gasteiger partial charge in [0, 0.05) is 16.5 Å². The SMILES string of the molecule is N#Cc1cc2c(cc1Br)CCC2(F)F. The molecule has 0 fully saturated rings. The standard InChI is InChI=1S/C10H6BrF2N/c11-9-4-6-1-2-10(12,13)8(6)3-7(9)5-14/h3-4H,1-2H2. The van der Waals surface area contributed by atoms with Crippen molar-refractivity contribution in [2.45, 2.75) is 18.8 Å². The first kappa shape index (κ1) is 9.60. The molecule has 2 rings (SSSR count). The predicted octanol–water partition coefficient (Wildman–Crippen LogP) is 3.36. The van der Waals surface area contributed by atoms with Gasteiger partial charge in [-0.05, 0) is 40.0 Å². The van der Waals surface area contributed by atoms with E-state index in [4.69, 9.17) is 5.26 Å². The predicted molar refractivity (Wildman–Crippen MR) is 51.1 cm³/mol. The molecule has 0 radical (unpaired) electrons. The fourth-order valence-corrected chi connectivity index (χ4v) is 2.15. The molecule has 1 aromatic rings. The van der Waals surface area contributed by atoms with Crippen LogP contribution < -0.4 is 0 Å². The van der Waals surface area contributed by atoms with Crippen LogP contribution in [0.2, 0.25) is 0 Å². The number of rotatable bonds is 0. The highest BCUT2D eigenvalue weighted by molar-refractivity contribution is 9.10. The van der Waals surface area contributed by atoms with Crippen molar-refractivity contribution in [3.05, 3.63) is 33.3 Å². The quantitative estimate of drug-likeness (QED) is 0.699. The lowest BCUT2D eigenvalue weighted by molar-refractivity contribution is -0.00186. The van der Waals surface area contributed by atoms with E-state index < -0.39 is 5.92 Å². The zero-order chi connectivity index (χ0) is 10.3. The first-order valence-corrected chi connectivity index (χ1v) is 4.95. The van der Waals surface area contributed by atoms with Crippen LogP contribution in [0.25, 0.3) is 0 Å². The van der Waals surface area contributed by atoms with E-state index in [1.807, 2.05) is 6.07 Å². The van der Waals surface area contributed by atoms with Gasteiger partial charge in [-0.25, -0.2) is 8.78 Å². The third kappa shape index (κ3) is 1.32. The van der Waals surface area contributed by atoms with Crippen molar-refractivity contribution >= 4 is 15.9 Å². The second-order valence-electron chi connectivity index (χ2n) is 3.31. The summed E-state index contributed by atoms with van der Waals surface area (Å²) in [4.78, 5) is 0. The molecule has 1 aliphatic rings. The van der Waals surface area contributed by atoms with E-state index in [1.165, 1.54) is 6.07 Å². The van der Waals surface area contributed by atoms with Crippen LogP contribution >= 0.6 is 15.9 Å². The number of nitriles is 1. The van der Waals surface area contributed by atoms with Gasteiger partial charge in [-0.2, -0.15) is 5.26 Å². The molecule has 0 bridgehead atoms. The molecule has 0 N–H and O–H groups in total. The van der Waals surface area contributed by atoms with E-state index in [0.717, 1.165) is 0 Å². The smallest absolute Gasteiger partial charge is 0.201 e. The molecule has 0 unspecified atom stereocenters. The first-order valence-electron chi connectivity index (χ1n) is 4.15. The molecule has 0 aromatic heterocycles. The molecule has 0 amide bonds. The van der Waals surface area contributed by atoms with Crippen molar-refractivity contribution in [1.29, 1.82) is 5.26 Å². The zero-order valence-corrected chi connectivity index (χ0v) is 8.74. The van der Waals surface area contributed by atoms with Crippen LogP contribution in [0.4, 0.5) is 8.78 Å². The average Bonchev–Trinajstić information content (AvgIpc) is 2.41. The van der Waals surface area contributed by atoms with Crippen molar-refractivity contribution in [3.8, 4) is 6.07 Å². The third-order valence-corrected chi connectivity index (χ3v) is 3.07. The number of alkyl halides is 2. The number of hydrogen-bond acceptors (Lipinski definition) is 1. The van der Waals surface area contributed by atoms with E-state index in [1.54, 1.807) is 6.07 Å². The highest BCUT2D eigenvalue weighted by atomic mass is 79.9. The third-order valence-electron chi connectivity index (χ3n) is 2.42. The Bertz CT molecular complexity index is 434. The van der Waals surface area contributed by atoms with Crippen LogP contribution in [-0.4, -0.2) is 0 Å². The van der Waals surface area contributed by atoms with Gasteiger partial charge in [0.05, 0.1) is 5.56 Å². The van der Waals surface area contributed by atoms with Crippen LogP contribution in [0.1, 0.15) is 23.1 Å². The van der Waals surface area contributed by atoms with Gasteiger partial charge in [0.1, 0.15) is 6.07 Å². The highest BCUT2D eigenvalue weighted by Gasteiger charge is 2.39. The number of nitrogens with zero attached hydrogens (tertiary/aromatic N) is 1. The van der Waals surface area contributed by atoms with E-state index >= 15 is 0 Å². The fourth-order valence-electron chi connectivity index (χ4n) is 1.67. The van der Waals surface area contributed by atoms with E-state index in [2.05, 4.69) is 15.9 Å². The van der Waals surface area contributed by atoms with Gasteiger partial charge in [-0.1, -0.05) is 0 Å². The molecule has 14 heavy (non-hydrogen) atoms. The van der Waals surface area contributed by atoms with Crippen LogP contribution in [0.15, 0.2) is 16.6 Å². The molecular formula is C10H6BrF2N. The number of halogens is 3.